The fourth-order valence-electron chi connectivity index (χ4n) is 2.56. The molecule has 1 aromatic rings. The number of carbonyl (C=O) groups excluding carboxylic acids is 1. The van der Waals surface area contributed by atoms with Crippen LogP contribution in [0.1, 0.15) is 33.6 Å². The highest BCUT2D eigenvalue weighted by atomic mass is 19.4. The zero-order valence-corrected chi connectivity index (χ0v) is 12.9. The third-order valence-corrected chi connectivity index (χ3v) is 3.25. The number of rotatable bonds is 5. The molecule has 0 saturated heterocycles. The van der Waals surface area contributed by atoms with Gasteiger partial charge in [0.05, 0.1) is 16.9 Å². The SMILES string of the molecule is CC(C)(CC(F)(F)F)CC(C)(N)C(=O)Nc1ccccc1N. The first-order valence-electron chi connectivity index (χ1n) is 6.84. The van der Waals surface area contributed by atoms with Gasteiger partial charge >= 0.3 is 6.18 Å². The van der Waals surface area contributed by atoms with Crippen molar-refractivity contribution in [3.63, 3.8) is 0 Å². The molecule has 0 heterocycles. The molecule has 124 valence electrons. The molecule has 0 bridgehead atoms. The zero-order chi connectivity index (χ0) is 17.2. The van der Waals surface area contributed by atoms with Crippen LogP contribution in [0.15, 0.2) is 24.3 Å². The van der Waals surface area contributed by atoms with E-state index < -0.39 is 29.5 Å². The second-order valence-corrected chi connectivity index (χ2v) is 6.59. The summed E-state index contributed by atoms with van der Waals surface area (Å²) in [7, 11) is 0. The van der Waals surface area contributed by atoms with Crippen LogP contribution >= 0.6 is 0 Å². The van der Waals surface area contributed by atoms with Gasteiger partial charge in [0.2, 0.25) is 5.91 Å². The summed E-state index contributed by atoms with van der Waals surface area (Å²) in [5.74, 6) is -0.569. The summed E-state index contributed by atoms with van der Waals surface area (Å²) in [5, 5.41) is 2.57. The van der Waals surface area contributed by atoms with E-state index in [1.165, 1.54) is 20.8 Å². The van der Waals surface area contributed by atoms with E-state index >= 15 is 0 Å². The van der Waals surface area contributed by atoms with Crippen molar-refractivity contribution in [2.24, 2.45) is 11.1 Å². The monoisotopic (exact) mass is 317 g/mol. The highest BCUT2D eigenvalue weighted by molar-refractivity contribution is 5.99. The van der Waals surface area contributed by atoms with Crippen LogP contribution in [-0.2, 0) is 4.79 Å². The van der Waals surface area contributed by atoms with Crippen LogP contribution in [0.5, 0.6) is 0 Å². The van der Waals surface area contributed by atoms with Crippen LogP contribution in [-0.4, -0.2) is 17.6 Å². The number of anilines is 2. The zero-order valence-electron chi connectivity index (χ0n) is 12.9. The quantitative estimate of drug-likeness (QED) is 0.729. The van der Waals surface area contributed by atoms with Crippen molar-refractivity contribution in [2.75, 3.05) is 11.1 Å². The topological polar surface area (TPSA) is 81.1 Å². The molecule has 0 saturated carbocycles. The van der Waals surface area contributed by atoms with Gasteiger partial charge in [-0.2, -0.15) is 13.2 Å². The summed E-state index contributed by atoms with van der Waals surface area (Å²) in [4.78, 5) is 12.3. The summed E-state index contributed by atoms with van der Waals surface area (Å²) in [5.41, 5.74) is 9.81. The van der Waals surface area contributed by atoms with Crippen molar-refractivity contribution < 1.29 is 18.0 Å². The van der Waals surface area contributed by atoms with Gasteiger partial charge in [-0.3, -0.25) is 4.79 Å². The summed E-state index contributed by atoms with van der Waals surface area (Å²) in [6, 6.07) is 6.60. The smallest absolute Gasteiger partial charge is 0.389 e. The molecule has 1 rings (SSSR count). The van der Waals surface area contributed by atoms with E-state index in [9.17, 15) is 18.0 Å². The Labute approximate surface area is 128 Å². The second kappa shape index (κ2) is 6.16. The molecular formula is C15H22F3N3O. The van der Waals surface area contributed by atoms with Crippen LogP contribution in [0.25, 0.3) is 0 Å². The van der Waals surface area contributed by atoms with E-state index in [1.807, 2.05) is 0 Å². The Kier molecular flexibility index (Phi) is 5.12. The van der Waals surface area contributed by atoms with Gasteiger partial charge in [-0.1, -0.05) is 26.0 Å². The maximum Gasteiger partial charge on any atom is 0.389 e. The second-order valence-electron chi connectivity index (χ2n) is 6.59. The summed E-state index contributed by atoms with van der Waals surface area (Å²) in [6.45, 7) is 4.30. The highest BCUT2D eigenvalue weighted by Gasteiger charge is 2.42. The predicted octanol–water partition coefficient (Wildman–Crippen LogP) is 3.29. The van der Waals surface area contributed by atoms with Gasteiger partial charge in [0.1, 0.15) is 0 Å². The Morgan fingerprint density at radius 3 is 2.18 bits per heavy atom. The first kappa shape index (κ1) is 18.3. The van der Waals surface area contributed by atoms with Crippen molar-refractivity contribution in [1.82, 2.24) is 0 Å². The third kappa shape index (κ3) is 5.55. The van der Waals surface area contributed by atoms with Crippen molar-refractivity contribution >= 4 is 17.3 Å². The number of carbonyl (C=O) groups is 1. The standard InChI is InChI=1S/C15H22F3N3O/c1-13(2,9-15(16,17)18)8-14(3,20)12(22)21-11-7-5-4-6-10(11)19/h4-7H,8-9,19-20H2,1-3H3,(H,21,22). The Morgan fingerprint density at radius 2 is 1.68 bits per heavy atom. The van der Waals surface area contributed by atoms with Gasteiger partial charge in [-0.05, 0) is 30.9 Å². The molecule has 0 aromatic heterocycles. The average molecular weight is 317 g/mol. The molecule has 1 atom stereocenters. The molecular weight excluding hydrogens is 295 g/mol. The third-order valence-electron chi connectivity index (χ3n) is 3.25. The Balaban J connectivity index is 2.81. The summed E-state index contributed by atoms with van der Waals surface area (Å²) < 4.78 is 37.7. The van der Waals surface area contributed by atoms with Crippen molar-refractivity contribution in [2.45, 2.75) is 45.3 Å². The Bertz CT molecular complexity index is 539. The molecule has 0 radical (unpaired) electrons. The number of nitrogen functional groups attached to an aromatic ring is 1. The fraction of sp³-hybridized carbons (Fsp3) is 0.533. The molecule has 1 aromatic carbocycles. The molecule has 0 fully saturated rings. The molecule has 0 aliphatic carbocycles. The fourth-order valence-corrected chi connectivity index (χ4v) is 2.56. The minimum absolute atomic E-state index is 0.113. The lowest BCUT2D eigenvalue weighted by Crippen LogP contribution is -2.51. The lowest BCUT2D eigenvalue weighted by atomic mass is 9.76. The normalized spacial score (nSPS) is 15.2. The van der Waals surface area contributed by atoms with E-state index in [1.54, 1.807) is 24.3 Å². The number of halogens is 3. The van der Waals surface area contributed by atoms with Crippen LogP contribution in [0.4, 0.5) is 24.5 Å². The Morgan fingerprint density at radius 1 is 1.14 bits per heavy atom. The van der Waals surface area contributed by atoms with Crippen LogP contribution in [0.2, 0.25) is 0 Å². The van der Waals surface area contributed by atoms with E-state index in [-0.39, 0.29) is 6.42 Å². The molecule has 22 heavy (non-hydrogen) atoms. The number of benzene rings is 1. The maximum absolute atomic E-state index is 12.6. The molecule has 0 aliphatic rings. The highest BCUT2D eigenvalue weighted by Crippen LogP contribution is 2.38. The van der Waals surface area contributed by atoms with Gasteiger partial charge in [0, 0.05) is 6.42 Å². The molecule has 7 heteroatoms. The lowest BCUT2D eigenvalue weighted by Gasteiger charge is -2.34. The van der Waals surface area contributed by atoms with Crippen molar-refractivity contribution in [1.29, 1.82) is 0 Å². The van der Waals surface area contributed by atoms with Gasteiger partial charge in [0.15, 0.2) is 0 Å². The minimum atomic E-state index is -4.31. The number of amides is 1. The number of hydrogen-bond acceptors (Lipinski definition) is 3. The van der Waals surface area contributed by atoms with Gasteiger partial charge in [0.25, 0.3) is 0 Å². The molecule has 1 amide bonds. The first-order valence-corrected chi connectivity index (χ1v) is 6.84. The minimum Gasteiger partial charge on any atom is -0.397 e. The lowest BCUT2D eigenvalue weighted by molar-refractivity contribution is -0.157. The molecule has 0 spiro atoms. The maximum atomic E-state index is 12.6. The van der Waals surface area contributed by atoms with Crippen molar-refractivity contribution in [3.8, 4) is 0 Å². The first-order chi connectivity index (χ1) is 9.82. The predicted molar refractivity (Wildman–Crippen MR) is 81.1 cm³/mol. The number of hydrogen-bond donors (Lipinski definition) is 3. The number of nitrogens with two attached hydrogens (primary N) is 2. The van der Waals surface area contributed by atoms with Crippen molar-refractivity contribution in [3.05, 3.63) is 24.3 Å². The van der Waals surface area contributed by atoms with Crippen LogP contribution in [0, 0.1) is 5.41 Å². The van der Waals surface area contributed by atoms with E-state index in [4.69, 9.17) is 11.5 Å². The largest absolute Gasteiger partial charge is 0.397 e. The summed E-state index contributed by atoms with van der Waals surface area (Å²) in [6.07, 6.45) is -5.43. The number of para-hydroxylation sites is 2. The average Bonchev–Trinajstić information content (AvgIpc) is 2.27. The van der Waals surface area contributed by atoms with Gasteiger partial charge in [-0.15, -0.1) is 0 Å². The summed E-state index contributed by atoms with van der Waals surface area (Å²) >= 11 is 0. The van der Waals surface area contributed by atoms with Gasteiger partial charge < -0.3 is 16.8 Å². The van der Waals surface area contributed by atoms with E-state index in [0.717, 1.165) is 0 Å². The molecule has 0 aliphatic heterocycles. The Hall–Kier alpha value is -1.76. The van der Waals surface area contributed by atoms with E-state index in [0.29, 0.717) is 11.4 Å². The molecule has 4 nitrogen and oxygen atoms in total. The van der Waals surface area contributed by atoms with Crippen LogP contribution in [0.3, 0.4) is 0 Å². The van der Waals surface area contributed by atoms with Gasteiger partial charge in [-0.25, -0.2) is 0 Å². The molecule has 5 N–H and O–H groups in total. The van der Waals surface area contributed by atoms with E-state index in [2.05, 4.69) is 5.32 Å². The number of alkyl halides is 3. The molecule has 1 unspecified atom stereocenters. The van der Waals surface area contributed by atoms with Crippen LogP contribution < -0.4 is 16.8 Å². The number of nitrogens with one attached hydrogen (secondary N) is 1.